The molecule has 2 aromatic heterocycles. The predicted molar refractivity (Wildman–Crippen MR) is 120 cm³/mol. The quantitative estimate of drug-likeness (QED) is 0.318. The summed E-state index contributed by atoms with van der Waals surface area (Å²) in [7, 11) is -4.87. The largest absolute Gasteiger partial charge is 0.505 e. The van der Waals surface area contributed by atoms with E-state index in [0.717, 1.165) is 21.4 Å². The van der Waals surface area contributed by atoms with Gasteiger partial charge in [-0.1, -0.05) is 18.2 Å². The van der Waals surface area contributed by atoms with E-state index in [1.54, 1.807) is 36.4 Å². The summed E-state index contributed by atoms with van der Waals surface area (Å²) in [6.07, 6.45) is -0.638. The highest BCUT2D eigenvalue weighted by molar-refractivity contribution is 7.46. The molecule has 0 fully saturated rings. The first-order valence-electron chi connectivity index (χ1n) is 10.1. The minimum absolute atomic E-state index is 0.244. The summed E-state index contributed by atoms with van der Waals surface area (Å²) in [6.45, 7) is -1.02. The summed E-state index contributed by atoms with van der Waals surface area (Å²) in [5, 5.41) is 20.4. The molecular formula is C21H20N3O10P. The Morgan fingerprint density at radius 1 is 1.09 bits per heavy atom. The van der Waals surface area contributed by atoms with Crippen molar-refractivity contribution < 1.29 is 38.6 Å². The third-order valence-electron chi connectivity index (χ3n) is 4.90. The zero-order valence-electron chi connectivity index (χ0n) is 17.9. The van der Waals surface area contributed by atoms with Gasteiger partial charge in [-0.05, 0) is 18.2 Å². The Kier molecular flexibility index (Phi) is 6.87. The van der Waals surface area contributed by atoms with Gasteiger partial charge in [-0.25, -0.2) is 13.9 Å². The van der Waals surface area contributed by atoms with Crippen LogP contribution >= 0.6 is 7.82 Å². The summed E-state index contributed by atoms with van der Waals surface area (Å²) >= 11 is 0. The highest BCUT2D eigenvalue weighted by Crippen LogP contribution is 2.37. The van der Waals surface area contributed by atoms with Crippen molar-refractivity contribution in [2.24, 2.45) is 0 Å². The molecule has 14 heteroatoms. The Bertz CT molecular complexity index is 1410. The van der Waals surface area contributed by atoms with E-state index in [1.165, 1.54) is 6.20 Å². The smallest absolute Gasteiger partial charge is 0.469 e. The van der Waals surface area contributed by atoms with Gasteiger partial charge in [0.2, 0.25) is 5.88 Å². The van der Waals surface area contributed by atoms with Crippen LogP contribution in [0.5, 0.6) is 11.5 Å². The summed E-state index contributed by atoms with van der Waals surface area (Å²) in [6, 6.07) is 13.2. The third-order valence-corrected chi connectivity index (χ3v) is 5.38. The number of para-hydroxylation sites is 1. The first-order valence-corrected chi connectivity index (χ1v) is 11.6. The zero-order chi connectivity index (χ0) is 25.2. The monoisotopic (exact) mass is 505 g/mol. The molecule has 35 heavy (non-hydrogen) atoms. The van der Waals surface area contributed by atoms with Gasteiger partial charge >= 0.3 is 13.5 Å². The Morgan fingerprint density at radius 3 is 2.54 bits per heavy atom. The van der Waals surface area contributed by atoms with Crippen molar-refractivity contribution in [3.8, 4) is 11.5 Å². The minimum atomic E-state index is -4.87. The van der Waals surface area contributed by atoms with Gasteiger partial charge in [-0.15, -0.1) is 0 Å². The number of pyridine rings is 1. The summed E-state index contributed by atoms with van der Waals surface area (Å²) in [5.74, 6) is -0.265. The molecule has 0 spiro atoms. The highest BCUT2D eigenvalue weighted by atomic mass is 31.2. The molecule has 184 valence electrons. The Labute approximate surface area is 197 Å². The lowest BCUT2D eigenvalue weighted by Gasteiger charge is -2.16. The van der Waals surface area contributed by atoms with E-state index in [2.05, 4.69) is 9.51 Å². The minimum Gasteiger partial charge on any atom is -0.505 e. The van der Waals surface area contributed by atoms with Crippen molar-refractivity contribution in [1.82, 2.24) is 14.1 Å². The molecule has 4 rings (SSSR count). The average Bonchev–Trinajstić information content (AvgIpc) is 3.09. The molecular weight excluding hydrogens is 485 g/mol. The van der Waals surface area contributed by atoms with Crippen LogP contribution in [0.3, 0.4) is 0 Å². The van der Waals surface area contributed by atoms with Gasteiger partial charge in [0.1, 0.15) is 11.5 Å². The Morgan fingerprint density at radius 2 is 1.83 bits per heavy atom. The van der Waals surface area contributed by atoms with Crippen molar-refractivity contribution in [2.45, 2.75) is 18.8 Å². The van der Waals surface area contributed by atoms with E-state index in [9.17, 15) is 24.4 Å². The Hall–Kier alpha value is -3.74. The number of rotatable bonds is 8. The molecule has 0 aliphatic carbocycles. The van der Waals surface area contributed by atoms with Gasteiger partial charge in [-0.3, -0.25) is 18.9 Å². The number of nitrogens with zero attached hydrogens (tertiary/aromatic N) is 3. The SMILES string of the molecule is O=c1ccn(C2=C(O)C(O)[C@@H](COP(=O)(O)O)O2)c(=O)n1Cc1cc(Oc2ccccc2)ccn1. The van der Waals surface area contributed by atoms with E-state index in [-0.39, 0.29) is 6.54 Å². The maximum atomic E-state index is 13.0. The number of phosphoric ester groups is 1. The number of ether oxygens (including phenoxy) is 2. The predicted octanol–water partition coefficient (Wildman–Crippen LogP) is 0.799. The topological polar surface area (TPSA) is 183 Å². The zero-order valence-corrected chi connectivity index (χ0v) is 18.8. The molecule has 3 aromatic rings. The van der Waals surface area contributed by atoms with Crippen LogP contribution < -0.4 is 16.0 Å². The number of benzene rings is 1. The van der Waals surface area contributed by atoms with E-state index in [0.29, 0.717) is 17.2 Å². The van der Waals surface area contributed by atoms with E-state index in [4.69, 9.17) is 19.3 Å². The lowest BCUT2D eigenvalue weighted by molar-refractivity contribution is 0.0128. The van der Waals surface area contributed by atoms with Crippen LogP contribution in [0.4, 0.5) is 0 Å². The maximum Gasteiger partial charge on any atom is 0.469 e. The number of aromatic nitrogens is 3. The van der Waals surface area contributed by atoms with Crippen LogP contribution in [0.15, 0.2) is 76.3 Å². The van der Waals surface area contributed by atoms with Crippen LogP contribution in [-0.2, 0) is 20.4 Å². The third kappa shape index (κ3) is 5.67. The second-order valence-corrected chi connectivity index (χ2v) is 8.61. The van der Waals surface area contributed by atoms with Crippen molar-refractivity contribution in [3.63, 3.8) is 0 Å². The summed E-state index contributed by atoms with van der Waals surface area (Å²) in [4.78, 5) is 47.3. The van der Waals surface area contributed by atoms with Gasteiger partial charge in [0.05, 0.1) is 18.8 Å². The van der Waals surface area contributed by atoms with Crippen molar-refractivity contribution in [1.29, 1.82) is 0 Å². The van der Waals surface area contributed by atoms with Crippen molar-refractivity contribution in [3.05, 3.63) is 93.2 Å². The molecule has 4 N–H and O–H groups in total. The van der Waals surface area contributed by atoms with Gasteiger partial charge in [0.15, 0.2) is 18.0 Å². The van der Waals surface area contributed by atoms with Crippen LogP contribution in [0.2, 0.25) is 0 Å². The lowest BCUT2D eigenvalue weighted by atomic mass is 10.2. The lowest BCUT2D eigenvalue weighted by Crippen LogP contribution is -2.39. The molecule has 2 atom stereocenters. The second-order valence-electron chi connectivity index (χ2n) is 7.37. The van der Waals surface area contributed by atoms with E-state index >= 15 is 0 Å². The molecule has 13 nitrogen and oxygen atoms in total. The number of aliphatic hydroxyl groups excluding tert-OH is 2. The maximum absolute atomic E-state index is 13.0. The number of aliphatic hydroxyl groups is 2. The fourth-order valence-electron chi connectivity index (χ4n) is 3.26. The summed E-state index contributed by atoms with van der Waals surface area (Å²) in [5.41, 5.74) is -1.25. The standard InChI is InChI=1S/C21H20N3O10P/c25-17-7-9-23(20-19(27)18(26)16(34-20)12-32-35(29,30)31)21(28)24(17)11-13-10-15(6-8-22-13)33-14-4-2-1-3-5-14/h1-10,16,18,26-27H,11-12H2,(H2,29,30,31)/t16-,18?/m1/s1. The van der Waals surface area contributed by atoms with Crippen LogP contribution in [0.25, 0.3) is 5.88 Å². The van der Waals surface area contributed by atoms with E-state index in [1.807, 2.05) is 6.07 Å². The highest BCUT2D eigenvalue weighted by Gasteiger charge is 2.38. The van der Waals surface area contributed by atoms with Gasteiger partial charge in [0.25, 0.3) is 5.56 Å². The number of hydrogen-bond donors (Lipinski definition) is 4. The number of hydrogen-bond acceptors (Lipinski definition) is 9. The van der Waals surface area contributed by atoms with Gasteiger partial charge < -0.3 is 29.5 Å². The van der Waals surface area contributed by atoms with Crippen LogP contribution in [0.1, 0.15) is 5.69 Å². The normalized spacial score (nSPS) is 17.9. The fraction of sp³-hybridized carbons (Fsp3) is 0.190. The second kappa shape index (κ2) is 9.86. The molecule has 0 bridgehead atoms. The van der Waals surface area contributed by atoms with Crippen molar-refractivity contribution >= 4 is 13.7 Å². The van der Waals surface area contributed by atoms with Gasteiger partial charge in [-0.2, -0.15) is 0 Å². The molecule has 0 saturated heterocycles. The summed E-state index contributed by atoms with van der Waals surface area (Å²) < 4.78 is 27.9. The van der Waals surface area contributed by atoms with Gasteiger partial charge in [0, 0.05) is 24.5 Å². The molecule has 1 aliphatic heterocycles. The van der Waals surface area contributed by atoms with Crippen LogP contribution in [-0.4, -0.2) is 52.9 Å². The Balaban J connectivity index is 1.59. The fourth-order valence-corrected chi connectivity index (χ4v) is 3.60. The molecule has 0 saturated carbocycles. The first kappa shape index (κ1) is 24.4. The van der Waals surface area contributed by atoms with Crippen molar-refractivity contribution in [2.75, 3.05) is 6.61 Å². The molecule has 1 unspecified atom stereocenters. The molecule has 1 aliphatic rings. The van der Waals surface area contributed by atoms with E-state index < -0.39 is 49.5 Å². The number of phosphoric acid groups is 1. The molecule has 0 amide bonds. The van der Waals surface area contributed by atoms with Crippen LogP contribution in [0, 0.1) is 0 Å². The average molecular weight is 505 g/mol. The molecule has 0 radical (unpaired) electrons. The first-order chi connectivity index (χ1) is 16.6. The molecule has 1 aromatic carbocycles. The molecule has 3 heterocycles.